The van der Waals surface area contributed by atoms with Gasteiger partial charge in [-0.25, -0.2) is 0 Å². The van der Waals surface area contributed by atoms with Crippen LogP contribution >= 0.6 is 0 Å². The SMILES string of the molecule is CN(Cc1ccccc1)C(=O)c1ccc(N2CCC(Cc3ccccc3)CC2)nn1. The van der Waals surface area contributed by atoms with E-state index in [2.05, 4.69) is 45.4 Å². The zero-order chi connectivity index (χ0) is 20.8. The molecule has 1 amide bonds. The van der Waals surface area contributed by atoms with E-state index in [-0.39, 0.29) is 5.91 Å². The number of hydrogen-bond acceptors (Lipinski definition) is 4. The molecule has 1 fully saturated rings. The average molecular weight is 401 g/mol. The Hall–Kier alpha value is -3.21. The normalized spacial score (nSPS) is 14.5. The summed E-state index contributed by atoms with van der Waals surface area (Å²) in [7, 11) is 1.79. The van der Waals surface area contributed by atoms with Crippen LogP contribution in [0.4, 0.5) is 5.82 Å². The maximum atomic E-state index is 12.7. The lowest BCUT2D eigenvalue weighted by atomic mass is 9.90. The van der Waals surface area contributed by atoms with Gasteiger partial charge in [-0.2, -0.15) is 0 Å². The van der Waals surface area contributed by atoms with Crippen LogP contribution in [0.15, 0.2) is 72.8 Å². The molecule has 4 rings (SSSR count). The lowest BCUT2D eigenvalue weighted by Gasteiger charge is -2.32. The van der Waals surface area contributed by atoms with Gasteiger partial charge >= 0.3 is 0 Å². The summed E-state index contributed by atoms with van der Waals surface area (Å²) in [6, 6.07) is 24.4. The minimum Gasteiger partial charge on any atom is -0.355 e. The first-order chi connectivity index (χ1) is 14.7. The third kappa shape index (κ3) is 5.03. The van der Waals surface area contributed by atoms with Crippen LogP contribution in [0.5, 0.6) is 0 Å². The Morgan fingerprint density at radius 3 is 2.13 bits per heavy atom. The zero-order valence-electron chi connectivity index (χ0n) is 17.4. The summed E-state index contributed by atoms with van der Waals surface area (Å²) in [5, 5.41) is 8.57. The molecule has 3 aromatic rings. The van der Waals surface area contributed by atoms with Crippen molar-refractivity contribution in [3.63, 3.8) is 0 Å². The van der Waals surface area contributed by atoms with Crippen LogP contribution < -0.4 is 4.90 Å². The number of carbonyl (C=O) groups excluding carboxylic acids is 1. The summed E-state index contributed by atoms with van der Waals surface area (Å²) < 4.78 is 0. The first-order valence-electron chi connectivity index (χ1n) is 10.6. The Kier molecular flexibility index (Phi) is 6.38. The molecule has 5 heteroatoms. The molecule has 0 saturated carbocycles. The first-order valence-corrected chi connectivity index (χ1v) is 10.6. The van der Waals surface area contributed by atoms with Gasteiger partial charge in [0.15, 0.2) is 11.5 Å². The maximum Gasteiger partial charge on any atom is 0.274 e. The van der Waals surface area contributed by atoms with Gasteiger partial charge in [-0.1, -0.05) is 60.7 Å². The van der Waals surface area contributed by atoms with Crippen molar-refractivity contribution < 1.29 is 4.79 Å². The van der Waals surface area contributed by atoms with E-state index in [1.807, 2.05) is 36.4 Å². The van der Waals surface area contributed by atoms with Crippen molar-refractivity contribution in [1.29, 1.82) is 0 Å². The van der Waals surface area contributed by atoms with Crippen molar-refractivity contribution in [2.45, 2.75) is 25.8 Å². The van der Waals surface area contributed by atoms with Gasteiger partial charge in [0.05, 0.1) is 0 Å². The van der Waals surface area contributed by atoms with Crippen LogP contribution in [0.3, 0.4) is 0 Å². The largest absolute Gasteiger partial charge is 0.355 e. The molecular weight excluding hydrogens is 372 g/mol. The van der Waals surface area contributed by atoms with Crippen molar-refractivity contribution in [2.24, 2.45) is 5.92 Å². The summed E-state index contributed by atoms with van der Waals surface area (Å²) in [4.78, 5) is 16.6. The number of rotatable bonds is 6. The van der Waals surface area contributed by atoms with Crippen LogP contribution in [0, 0.1) is 5.92 Å². The second-order valence-corrected chi connectivity index (χ2v) is 8.04. The van der Waals surface area contributed by atoms with Crippen LogP contribution in [0.1, 0.15) is 34.5 Å². The first kappa shape index (κ1) is 20.1. The topological polar surface area (TPSA) is 49.3 Å². The van der Waals surface area contributed by atoms with Crippen LogP contribution in [0.25, 0.3) is 0 Å². The molecule has 2 aromatic carbocycles. The lowest BCUT2D eigenvalue weighted by molar-refractivity contribution is 0.0778. The van der Waals surface area contributed by atoms with Gasteiger partial charge in [0.2, 0.25) is 0 Å². The van der Waals surface area contributed by atoms with Crippen molar-refractivity contribution in [3.05, 3.63) is 89.6 Å². The minimum absolute atomic E-state index is 0.112. The van der Waals surface area contributed by atoms with E-state index in [0.717, 1.165) is 43.7 Å². The number of nitrogens with zero attached hydrogens (tertiary/aromatic N) is 4. The van der Waals surface area contributed by atoms with E-state index in [1.165, 1.54) is 5.56 Å². The molecule has 1 aliphatic rings. The molecule has 1 aliphatic heterocycles. The molecule has 0 unspecified atom stereocenters. The molecular formula is C25H28N4O. The number of anilines is 1. The molecule has 0 radical (unpaired) electrons. The number of amides is 1. The molecule has 5 nitrogen and oxygen atoms in total. The summed E-state index contributed by atoms with van der Waals surface area (Å²) in [5.41, 5.74) is 2.89. The van der Waals surface area contributed by atoms with Gasteiger partial charge in [0, 0.05) is 26.7 Å². The van der Waals surface area contributed by atoms with E-state index in [4.69, 9.17) is 0 Å². The summed E-state index contributed by atoms with van der Waals surface area (Å²) >= 11 is 0. The van der Waals surface area contributed by atoms with E-state index in [1.54, 1.807) is 18.0 Å². The Morgan fingerprint density at radius 2 is 1.53 bits per heavy atom. The lowest BCUT2D eigenvalue weighted by Crippen LogP contribution is -2.35. The molecule has 154 valence electrons. The fourth-order valence-electron chi connectivity index (χ4n) is 4.05. The van der Waals surface area contributed by atoms with Crippen molar-refractivity contribution in [3.8, 4) is 0 Å². The smallest absolute Gasteiger partial charge is 0.274 e. The van der Waals surface area contributed by atoms with Crippen molar-refractivity contribution in [1.82, 2.24) is 15.1 Å². The van der Waals surface area contributed by atoms with E-state index in [9.17, 15) is 4.79 Å². The molecule has 1 aromatic heterocycles. The van der Waals surface area contributed by atoms with Gasteiger partial charge in [0.25, 0.3) is 5.91 Å². The number of carbonyl (C=O) groups is 1. The van der Waals surface area contributed by atoms with Gasteiger partial charge in [-0.3, -0.25) is 4.79 Å². The molecule has 0 atom stereocenters. The summed E-state index contributed by atoms with van der Waals surface area (Å²) in [6.07, 6.45) is 3.44. The minimum atomic E-state index is -0.112. The van der Waals surface area contributed by atoms with Crippen molar-refractivity contribution >= 4 is 11.7 Å². The molecule has 30 heavy (non-hydrogen) atoms. The Balaban J connectivity index is 1.31. The Morgan fingerprint density at radius 1 is 0.900 bits per heavy atom. The van der Waals surface area contributed by atoms with Gasteiger partial charge < -0.3 is 9.80 Å². The van der Waals surface area contributed by atoms with E-state index >= 15 is 0 Å². The van der Waals surface area contributed by atoms with E-state index < -0.39 is 0 Å². The molecule has 2 heterocycles. The average Bonchev–Trinajstić information content (AvgIpc) is 2.80. The predicted molar refractivity (Wildman–Crippen MR) is 119 cm³/mol. The second kappa shape index (κ2) is 9.53. The molecule has 0 N–H and O–H groups in total. The van der Waals surface area contributed by atoms with Gasteiger partial charge in [-0.15, -0.1) is 10.2 Å². The highest BCUT2D eigenvalue weighted by atomic mass is 16.2. The summed E-state index contributed by atoms with van der Waals surface area (Å²) in [6.45, 7) is 2.51. The monoisotopic (exact) mass is 400 g/mol. The van der Waals surface area contributed by atoms with Crippen molar-refractivity contribution in [2.75, 3.05) is 25.0 Å². The number of hydrogen-bond donors (Lipinski definition) is 0. The molecule has 0 aliphatic carbocycles. The van der Waals surface area contributed by atoms with Gasteiger partial charge in [-0.05, 0) is 48.4 Å². The second-order valence-electron chi connectivity index (χ2n) is 8.04. The summed E-state index contributed by atoms with van der Waals surface area (Å²) in [5.74, 6) is 1.46. The highest BCUT2D eigenvalue weighted by molar-refractivity contribution is 5.92. The highest BCUT2D eigenvalue weighted by Crippen LogP contribution is 2.24. The Labute approximate surface area is 178 Å². The number of aromatic nitrogens is 2. The van der Waals surface area contributed by atoms with Crippen LogP contribution in [-0.4, -0.2) is 41.1 Å². The van der Waals surface area contributed by atoms with E-state index in [0.29, 0.717) is 18.2 Å². The van der Waals surface area contributed by atoms with Crippen LogP contribution in [0.2, 0.25) is 0 Å². The molecule has 0 bridgehead atoms. The number of piperidine rings is 1. The maximum absolute atomic E-state index is 12.7. The van der Waals surface area contributed by atoms with Gasteiger partial charge in [0.1, 0.15) is 0 Å². The number of benzene rings is 2. The zero-order valence-corrected chi connectivity index (χ0v) is 17.4. The highest BCUT2D eigenvalue weighted by Gasteiger charge is 2.21. The standard InChI is InChI=1S/C25H28N4O/c1-28(19-22-10-6-3-7-11-22)25(30)23-12-13-24(27-26-23)29-16-14-21(15-17-29)18-20-8-4-2-5-9-20/h2-13,21H,14-19H2,1H3. The molecule has 1 saturated heterocycles. The molecule has 0 spiro atoms. The fourth-order valence-corrected chi connectivity index (χ4v) is 4.05. The third-order valence-electron chi connectivity index (χ3n) is 5.78. The Bertz CT molecular complexity index is 936. The fraction of sp³-hybridized carbons (Fsp3) is 0.320. The predicted octanol–water partition coefficient (Wildman–Crippen LogP) is 4.21. The van der Waals surface area contributed by atoms with Crippen LogP contribution in [-0.2, 0) is 13.0 Å². The third-order valence-corrected chi connectivity index (χ3v) is 5.78. The quantitative estimate of drug-likeness (QED) is 0.622.